The molecule has 0 atom stereocenters. The van der Waals surface area contributed by atoms with Crippen LogP contribution >= 0.6 is 0 Å². The molecule has 0 aliphatic heterocycles. The minimum Gasteiger partial charge on any atom is -0.373 e. The monoisotopic (exact) mass is 252 g/mol. The Morgan fingerprint density at radius 2 is 2.28 bits per heavy atom. The minimum atomic E-state index is -0.533. The van der Waals surface area contributed by atoms with Crippen molar-refractivity contribution in [1.82, 2.24) is 10.3 Å². The molecular weight excluding hydrogens is 236 g/mol. The van der Waals surface area contributed by atoms with Crippen molar-refractivity contribution in [3.05, 3.63) is 23.9 Å². The van der Waals surface area contributed by atoms with Gasteiger partial charge in [-0.15, -0.1) is 0 Å². The summed E-state index contributed by atoms with van der Waals surface area (Å²) in [5, 5.41) is 5.50. The molecule has 7 heteroatoms. The van der Waals surface area contributed by atoms with Gasteiger partial charge in [-0.2, -0.15) is 0 Å². The van der Waals surface area contributed by atoms with Crippen molar-refractivity contribution in [1.29, 1.82) is 0 Å². The molecule has 4 N–H and O–H groups in total. The molecule has 0 aliphatic carbocycles. The highest BCUT2D eigenvalue weighted by atomic mass is 16.5. The number of ether oxygens (including phenoxy) is 1. The number of aromatic nitrogens is 1. The molecule has 2 amide bonds. The Morgan fingerprint density at radius 3 is 2.94 bits per heavy atom. The van der Waals surface area contributed by atoms with Crippen molar-refractivity contribution in [3.8, 4) is 0 Å². The number of carbonyl (C=O) groups excluding carboxylic acids is 2. The molecule has 1 aromatic heterocycles. The first-order valence-electron chi connectivity index (χ1n) is 5.41. The fourth-order valence-electron chi connectivity index (χ4n) is 1.22. The largest absolute Gasteiger partial charge is 0.373 e. The molecule has 0 aromatic carbocycles. The van der Waals surface area contributed by atoms with Crippen LogP contribution in [0.25, 0.3) is 0 Å². The van der Waals surface area contributed by atoms with E-state index in [2.05, 4.69) is 15.6 Å². The molecule has 0 bridgehead atoms. The highest BCUT2D eigenvalue weighted by Crippen LogP contribution is 2.05. The maximum absolute atomic E-state index is 11.7. The predicted octanol–water partition coefficient (Wildman–Crippen LogP) is -0.645. The number of nitrogens with two attached hydrogens (primary N) is 1. The maximum atomic E-state index is 11.7. The van der Waals surface area contributed by atoms with Crippen LogP contribution in [-0.4, -0.2) is 43.6 Å². The second kappa shape index (κ2) is 7.23. The van der Waals surface area contributed by atoms with E-state index in [0.29, 0.717) is 17.9 Å². The number of hydrogen-bond acceptors (Lipinski definition) is 5. The number of anilines is 1. The van der Waals surface area contributed by atoms with Crippen LogP contribution in [0.5, 0.6) is 0 Å². The number of hydrogen-bond donors (Lipinski definition) is 3. The maximum Gasteiger partial charge on any atom is 0.251 e. The second-order valence-corrected chi connectivity index (χ2v) is 3.45. The fourth-order valence-corrected chi connectivity index (χ4v) is 1.22. The molecule has 0 spiro atoms. The van der Waals surface area contributed by atoms with E-state index in [4.69, 9.17) is 10.5 Å². The summed E-state index contributed by atoms with van der Waals surface area (Å²) in [6.45, 7) is 0.400. The first kappa shape index (κ1) is 13.9. The van der Waals surface area contributed by atoms with Gasteiger partial charge in [-0.1, -0.05) is 0 Å². The van der Waals surface area contributed by atoms with Gasteiger partial charge in [0.1, 0.15) is 12.4 Å². The van der Waals surface area contributed by atoms with E-state index in [1.165, 1.54) is 0 Å². The zero-order valence-electron chi connectivity index (χ0n) is 10.1. The van der Waals surface area contributed by atoms with Crippen LogP contribution in [0, 0.1) is 0 Å². The summed E-state index contributed by atoms with van der Waals surface area (Å²) >= 11 is 0. The van der Waals surface area contributed by atoms with Crippen LogP contribution < -0.4 is 16.4 Å². The molecule has 1 heterocycles. The average molecular weight is 252 g/mol. The second-order valence-electron chi connectivity index (χ2n) is 3.45. The Labute approximate surface area is 105 Å². The van der Waals surface area contributed by atoms with Gasteiger partial charge in [0.15, 0.2) is 0 Å². The Morgan fingerprint density at radius 1 is 1.50 bits per heavy atom. The summed E-state index contributed by atoms with van der Waals surface area (Å²) < 4.78 is 4.91. The number of rotatable bonds is 7. The highest BCUT2D eigenvalue weighted by molar-refractivity contribution is 5.94. The van der Waals surface area contributed by atoms with Gasteiger partial charge >= 0.3 is 0 Å². The molecule has 98 valence electrons. The number of amides is 2. The highest BCUT2D eigenvalue weighted by Gasteiger charge is 2.05. The number of primary amides is 1. The van der Waals surface area contributed by atoms with Crippen molar-refractivity contribution in [2.45, 2.75) is 0 Å². The van der Waals surface area contributed by atoms with Crippen LogP contribution in [0.15, 0.2) is 18.3 Å². The number of nitrogens with zero attached hydrogens (tertiary/aromatic N) is 1. The molecule has 0 aliphatic rings. The lowest BCUT2D eigenvalue weighted by atomic mass is 10.2. The predicted molar refractivity (Wildman–Crippen MR) is 66.1 cm³/mol. The SMILES string of the molecule is CNc1cc(C(=O)NCCOCC(N)=O)ccn1. The summed E-state index contributed by atoms with van der Waals surface area (Å²) in [5.74, 6) is -0.140. The molecule has 0 saturated heterocycles. The van der Waals surface area contributed by atoms with Crippen molar-refractivity contribution in [3.63, 3.8) is 0 Å². The third-order valence-corrected chi connectivity index (χ3v) is 2.05. The van der Waals surface area contributed by atoms with Crippen molar-refractivity contribution in [2.75, 3.05) is 32.1 Å². The number of nitrogens with one attached hydrogen (secondary N) is 2. The molecule has 7 nitrogen and oxygen atoms in total. The van der Waals surface area contributed by atoms with Crippen LogP contribution in [0.4, 0.5) is 5.82 Å². The summed E-state index contributed by atoms with van der Waals surface area (Å²) in [6.07, 6.45) is 1.55. The molecule has 0 unspecified atom stereocenters. The van der Waals surface area contributed by atoms with E-state index in [9.17, 15) is 9.59 Å². The molecule has 0 fully saturated rings. The average Bonchev–Trinajstić information content (AvgIpc) is 2.37. The van der Waals surface area contributed by atoms with Gasteiger partial charge < -0.3 is 21.1 Å². The summed E-state index contributed by atoms with van der Waals surface area (Å²) in [5.41, 5.74) is 5.40. The lowest BCUT2D eigenvalue weighted by Gasteiger charge is -2.06. The van der Waals surface area contributed by atoms with Gasteiger partial charge in [-0.3, -0.25) is 9.59 Å². The lowest BCUT2D eigenvalue weighted by molar-refractivity contribution is -0.122. The van der Waals surface area contributed by atoms with Gasteiger partial charge in [-0.25, -0.2) is 4.98 Å². The van der Waals surface area contributed by atoms with Gasteiger partial charge in [0.2, 0.25) is 5.91 Å². The fraction of sp³-hybridized carbons (Fsp3) is 0.364. The van der Waals surface area contributed by atoms with E-state index in [-0.39, 0.29) is 19.1 Å². The summed E-state index contributed by atoms with van der Waals surface area (Å²) in [4.78, 5) is 26.1. The molecule has 18 heavy (non-hydrogen) atoms. The molecule has 1 rings (SSSR count). The number of carbonyl (C=O) groups is 2. The van der Waals surface area contributed by atoms with Crippen LogP contribution in [0.1, 0.15) is 10.4 Å². The first-order valence-corrected chi connectivity index (χ1v) is 5.41. The zero-order valence-corrected chi connectivity index (χ0v) is 10.1. The standard InChI is InChI=1S/C11H16N4O3/c1-13-10-6-8(2-3-14-10)11(17)15-4-5-18-7-9(12)16/h2-3,6H,4-5,7H2,1H3,(H2,12,16)(H,13,14)(H,15,17). The van der Waals surface area contributed by atoms with Gasteiger partial charge in [0, 0.05) is 25.4 Å². The zero-order chi connectivity index (χ0) is 13.4. The molecule has 0 radical (unpaired) electrons. The summed E-state index contributed by atoms with van der Waals surface area (Å²) in [7, 11) is 1.72. The van der Waals surface area contributed by atoms with E-state index in [0.717, 1.165) is 0 Å². The Bertz CT molecular complexity index is 423. The van der Waals surface area contributed by atoms with Gasteiger partial charge in [0.05, 0.1) is 6.61 Å². The number of pyridine rings is 1. The summed E-state index contributed by atoms with van der Waals surface area (Å²) in [6, 6.07) is 3.25. The quantitative estimate of drug-likeness (QED) is 0.559. The van der Waals surface area contributed by atoms with Gasteiger partial charge in [-0.05, 0) is 12.1 Å². The minimum absolute atomic E-state index is 0.144. The Kier molecular flexibility index (Phi) is 5.59. The van der Waals surface area contributed by atoms with Crippen molar-refractivity contribution >= 4 is 17.6 Å². The lowest BCUT2D eigenvalue weighted by Crippen LogP contribution is -2.28. The van der Waals surface area contributed by atoms with Crippen LogP contribution in [0.2, 0.25) is 0 Å². The van der Waals surface area contributed by atoms with Crippen molar-refractivity contribution in [2.24, 2.45) is 5.73 Å². The smallest absolute Gasteiger partial charge is 0.251 e. The first-order chi connectivity index (χ1) is 8.63. The molecular formula is C11H16N4O3. The third kappa shape index (κ3) is 4.79. The molecule has 0 saturated carbocycles. The van der Waals surface area contributed by atoms with Crippen LogP contribution in [0.3, 0.4) is 0 Å². The van der Waals surface area contributed by atoms with Crippen molar-refractivity contribution < 1.29 is 14.3 Å². The van der Waals surface area contributed by atoms with E-state index in [1.54, 1.807) is 25.4 Å². The Hall–Kier alpha value is -2.15. The third-order valence-electron chi connectivity index (χ3n) is 2.05. The van der Waals surface area contributed by atoms with Gasteiger partial charge in [0.25, 0.3) is 5.91 Å². The van der Waals surface area contributed by atoms with Crippen LogP contribution in [-0.2, 0) is 9.53 Å². The topological polar surface area (TPSA) is 106 Å². The Balaban J connectivity index is 2.33. The van der Waals surface area contributed by atoms with E-state index in [1.807, 2.05) is 0 Å². The molecule has 1 aromatic rings. The normalized spacial score (nSPS) is 9.83. The van der Waals surface area contributed by atoms with E-state index < -0.39 is 5.91 Å². The van der Waals surface area contributed by atoms with E-state index >= 15 is 0 Å².